The van der Waals surface area contributed by atoms with Crippen molar-refractivity contribution in [1.29, 1.82) is 0 Å². The first-order valence-electron chi connectivity index (χ1n) is 11.7. The first-order chi connectivity index (χ1) is 16.3. The van der Waals surface area contributed by atoms with Crippen LogP contribution < -0.4 is 22.1 Å². The Morgan fingerprint density at radius 1 is 1.29 bits per heavy atom. The Bertz CT molecular complexity index is 1140. The van der Waals surface area contributed by atoms with Gasteiger partial charge in [-0.1, -0.05) is 13.8 Å². The Morgan fingerprint density at radius 3 is 2.74 bits per heavy atom. The van der Waals surface area contributed by atoms with Crippen molar-refractivity contribution in [3.8, 4) is 0 Å². The number of methoxy groups -OCH3 is 1. The molecular weight excluding hydrogens is 434 g/mol. The number of ether oxygens (including phenoxy) is 1. The zero-order valence-electron chi connectivity index (χ0n) is 19.9. The van der Waals surface area contributed by atoms with Crippen LogP contribution in [0.1, 0.15) is 56.1 Å². The number of hydrogen-bond donors (Lipinski definition) is 4. The summed E-state index contributed by atoms with van der Waals surface area (Å²) in [6.07, 6.45) is 6.41. The lowest BCUT2D eigenvalue weighted by Gasteiger charge is -2.26. The van der Waals surface area contributed by atoms with Gasteiger partial charge in [0.2, 0.25) is 5.95 Å². The van der Waals surface area contributed by atoms with Gasteiger partial charge in [0.25, 0.3) is 5.91 Å². The lowest BCUT2D eigenvalue weighted by Crippen LogP contribution is -2.44. The molecule has 0 unspecified atom stereocenters. The molecule has 1 saturated carbocycles. The Morgan fingerprint density at radius 2 is 2.09 bits per heavy atom. The molecule has 3 aromatic rings. The van der Waals surface area contributed by atoms with E-state index in [2.05, 4.69) is 51.0 Å². The number of nitrogens with zero attached hydrogens (tertiary/aromatic N) is 5. The number of aromatic nitrogens is 5. The Kier molecular flexibility index (Phi) is 7.23. The summed E-state index contributed by atoms with van der Waals surface area (Å²) >= 11 is 0. The predicted octanol–water partition coefficient (Wildman–Crippen LogP) is 2.59. The second kappa shape index (κ2) is 10.3. The molecule has 0 aliphatic heterocycles. The fourth-order valence-electron chi connectivity index (χ4n) is 4.06. The highest BCUT2D eigenvalue weighted by Gasteiger charge is 2.23. The van der Waals surface area contributed by atoms with E-state index in [0.29, 0.717) is 18.6 Å². The minimum absolute atomic E-state index is 0.0441. The zero-order valence-corrected chi connectivity index (χ0v) is 19.9. The maximum absolute atomic E-state index is 12.0. The van der Waals surface area contributed by atoms with Gasteiger partial charge in [-0.3, -0.25) is 9.48 Å². The normalized spacial score (nSPS) is 15.8. The SMILES string of the molecule is COC[C@H](N)[C@@H](CC(C)C)Nc1nnc(C(N)=O)c(Nc2ccc3nn(C4CCC4)cc3c2)n1. The Labute approximate surface area is 198 Å². The first-order valence-corrected chi connectivity index (χ1v) is 11.7. The largest absolute Gasteiger partial charge is 0.383 e. The van der Waals surface area contributed by atoms with Gasteiger partial charge in [0.15, 0.2) is 11.5 Å². The van der Waals surface area contributed by atoms with Crippen molar-refractivity contribution in [3.63, 3.8) is 0 Å². The number of nitrogens with one attached hydrogen (secondary N) is 2. The van der Waals surface area contributed by atoms with Crippen molar-refractivity contribution >= 4 is 34.3 Å². The van der Waals surface area contributed by atoms with Crippen molar-refractivity contribution in [2.75, 3.05) is 24.4 Å². The van der Waals surface area contributed by atoms with Crippen molar-refractivity contribution < 1.29 is 9.53 Å². The number of anilines is 3. The minimum atomic E-state index is -0.720. The number of primary amides is 1. The highest BCUT2D eigenvalue weighted by molar-refractivity contribution is 5.96. The van der Waals surface area contributed by atoms with Gasteiger partial charge in [-0.2, -0.15) is 10.1 Å². The van der Waals surface area contributed by atoms with E-state index in [-0.39, 0.29) is 29.5 Å². The summed E-state index contributed by atoms with van der Waals surface area (Å²) in [5.74, 6) is 0.147. The highest BCUT2D eigenvalue weighted by Crippen LogP contribution is 2.32. The highest BCUT2D eigenvalue weighted by atomic mass is 16.5. The standard InChI is InChI=1S/C23H33N9O2/c1-13(2)9-19(17(24)12-34-3)27-23-28-22(20(21(25)33)29-30-23)26-15-7-8-18-14(10-15)11-32(31-18)16-5-4-6-16/h7-8,10-11,13,16-17,19H,4-6,9,12,24H2,1-3H3,(H2,25,33)(H2,26,27,28,30)/t17-,19+/m0/s1. The number of benzene rings is 1. The van der Waals surface area contributed by atoms with Gasteiger partial charge in [-0.25, -0.2) is 0 Å². The molecular formula is C23H33N9O2. The van der Waals surface area contributed by atoms with E-state index in [4.69, 9.17) is 16.2 Å². The monoisotopic (exact) mass is 467 g/mol. The van der Waals surface area contributed by atoms with Crippen LogP contribution in [0.5, 0.6) is 0 Å². The van der Waals surface area contributed by atoms with Crippen LogP contribution in [-0.2, 0) is 4.74 Å². The van der Waals surface area contributed by atoms with Gasteiger partial charge < -0.3 is 26.8 Å². The third-order valence-electron chi connectivity index (χ3n) is 6.07. The average molecular weight is 468 g/mol. The molecule has 0 bridgehead atoms. The van der Waals surface area contributed by atoms with Gasteiger partial charge in [0.05, 0.1) is 18.2 Å². The third-order valence-corrected chi connectivity index (χ3v) is 6.07. The molecule has 0 saturated heterocycles. The summed E-state index contributed by atoms with van der Waals surface area (Å²) < 4.78 is 7.26. The molecule has 11 heteroatoms. The van der Waals surface area contributed by atoms with Crippen LogP contribution in [0.4, 0.5) is 17.5 Å². The van der Waals surface area contributed by atoms with Crippen LogP contribution >= 0.6 is 0 Å². The van der Waals surface area contributed by atoms with E-state index in [1.54, 1.807) is 7.11 Å². The van der Waals surface area contributed by atoms with Gasteiger partial charge >= 0.3 is 0 Å². The van der Waals surface area contributed by atoms with Gasteiger partial charge in [0.1, 0.15) is 0 Å². The summed E-state index contributed by atoms with van der Waals surface area (Å²) in [6.45, 7) is 4.61. The number of carbonyl (C=O) groups is 1. The molecule has 1 aromatic carbocycles. The smallest absolute Gasteiger partial charge is 0.273 e. The number of hydrogen-bond acceptors (Lipinski definition) is 9. The van der Waals surface area contributed by atoms with Crippen LogP contribution in [0.25, 0.3) is 10.9 Å². The van der Waals surface area contributed by atoms with Crippen molar-refractivity contribution in [2.45, 2.75) is 57.7 Å². The predicted molar refractivity (Wildman–Crippen MR) is 131 cm³/mol. The van der Waals surface area contributed by atoms with Crippen molar-refractivity contribution in [2.24, 2.45) is 17.4 Å². The number of rotatable bonds is 11. The van der Waals surface area contributed by atoms with E-state index in [0.717, 1.165) is 35.9 Å². The zero-order chi connectivity index (χ0) is 24.2. The fourth-order valence-corrected chi connectivity index (χ4v) is 4.06. The van der Waals surface area contributed by atoms with Gasteiger partial charge in [0, 0.05) is 36.5 Å². The van der Waals surface area contributed by atoms with Crippen LogP contribution in [0, 0.1) is 5.92 Å². The molecule has 0 spiro atoms. The molecule has 1 aliphatic rings. The van der Waals surface area contributed by atoms with E-state index in [1.165, 1.54) is 6.42 Å². The number of amides is 1. The van der Waals surface area contributed by atoms with Crippen LogP contribution in [-0.4, -0.2) is 56.7 Å². The molecule has 1 fully saturated rings. The summed E-state index contributed by atoms with van der Waals surface area (Å²) in [5.41, 5.74) is 13.4. The molecule has 2 heterocycles. The third kappa shape index (κ3) is 5.42. The molecule has 0 radical (unpaired) electrons. The number of fused-ring (bicyclic) bond motifs is 1. The Balaban J connectivity index is 1.58. The first kappa shape index (κ1) is 23.8. The molecule has 1 aliphatic carbocycles. The summed E-state index contributed by atoms with van der Waals surface area (Å²) in [5, 5.41) is 20.2. The van der Waals surface area contributed by atoms with Crippen molar-refractivity contribution in [1.82, 2.24) is 25.0 Å². The van der Waals surface area contributed by atoms with E-state index in [9.17, 15) is 4.79 Å². The second-order valence-corrected chi connectivity index (χ2v) is 9.29. The van der Waals surface area contributed by atoms with Crippen LogP contribution in [0.2, 0.25) is 0 Å². The summed E-state index contributed by atoms with van der Waals surface area (Å²) in [6, 6.07) is 5.87. The molecule has 2 atom stereocenters. The Hall–Kier alpha value is -3.31. The van der Waals surface area contributed by atoms with Crippen LogP contribution in [0.15, 0.2) is 24.4 Å². The number of nitrogens with two attached hydrogens (primary N) is 2. The summed E-state index contributed by atoms with van der Waals surface area (Å²) in [4.78, 5) is 16.5. The molecule has 182 valence electrons. The van der Waals surface area contributed by atoms with E-state index < -0.39 is 5.91 Å². The van der Waals surface area contributed by atoms with Crippen LogP contribution in [0.3, 0.4) is 0 Å². The quantitative estimate of drug-likeness (QED) is 0.332. The number of carbonyl (C=O) groups excluding carboxylic acids is 1. The maximum atomic E-state index is 12.0. The molecule has 2 aromatic heterocycles. The van der Waals surface area contributed by atoms with E-state index in [1.807, 2.05) is 22.9 Å². The maximum Gasteiger partial charge on any atom is 0.273 e. The molecule has 6 N–H and O–H groups in total. The average Bonchev–Trinajstić information content (AvgIpc) is 3.14. The second-order valence-electron chi connectivity index (χ2n) is 9.29. The van der Waals surface area contributed by atoms with Gasteiger partial charge in [-0.15, -0.1) is 10.2 Å². The lowest BCUT2D eigenvalue weighted by molar-refractivity contribution is 0.0995. The molecule has 4 rings (SSSR count). The summed E-state index contributed by atoms with van der Waals surface area (Å²) in [7, 11) is 1.61. The minimum Gasteiger partial charge on any atom is -0.383 e. The van der Waals surface area contributed by atoms with E-state index >= 15 is 0 Å². The fraction of sp³-hybridized carbons (Fsp3) is 0.522. The molecule has 34 heavy (non-hydrogen) atoms. The topological polar surface area (TPSA) is 159 Å². The molecule has 11 nitrogen and oxygen atoms in total. The van der Waals surface area contributed by atoms with Gasteiger partial charge in [-0.05, 0) is 49.8 Å². The lowest BCUT2D eigenvalue weighted by atomic mass is 9.93. The molecule has 1 amide bonds. The van der Waals surface area contributed by atoms with Crippen molar-refractivity contribution in [3.05, 3.63) is 30.1 Å².